The Kier molecular flexibility index (Phi) is 4.41. The molecule has 0 aromatic carbocycles. The molecular weight excluding hydrogens is 240 g/mol. The van der Waals surface area contributed by atoms with E-state index in [2.05, 4.69) is 0 Å². The molecular formula is C3H9NO8P2. The van der Waals surface area contributed by atoms with Crippen LogP contribution in [0.25, 0.3) is 0 Å². The summed E-state index contributed by atoms with van der Waals surface area (Å²) in [4.78, 5) is 43.8. The van der Waals surface area contributed by atoms with Crippen LogP contribution >= 0.6 is 15.2 Å². The van der Waals surface area contributed by atoms with Gasteiger partial charge in [-0.3, -0.25) is 14.4 Å². The van der Waals surface area contributed by atoms with E-state index in [1.807, 2.05) is 0 Å². The molecule has 0 radical (unpaired) electrons. The van der Waals surface area contributed by atoms with Gasteiger partial charge in [-0.25, -0.2) is 4.79 Å². The monoisotopic (exact) mass is 249 g/mol. The molecule has 0 saturated heterocycles. The van der Waals surface area contributed by atoms with Crippen molar-refractivity contribution in [2.24, 2.45) is 0 Å². The molecule has 0 bridgehead atoms. The van der Waals surface area contributed by atoms with Crippen molar-refractivity contribution >= 4 is 21.2 Å². The molecule has 1 atom stereocenters. The minimum atomic E-state index is -4.97. The predicted molar refractivity (Wildman–Crippen MR) is 43.5 cm³/mol. The second-order valence-corrected chi connectivity index (χ2v) is 5.70. The summed E-state index contributed by atoms with van der Waals surface area (Å²) in [6.07, 6.45) is -1.12. The molecule has 84 valence electrons. The molecule has 1 unspecified atom stereocenters. The van der Waals surface area contributed by atoms with Crippen LogP contribution in [-0.4, -0.2) is 42.7 Å². The molecule has 0 aliphatic carbocycles. The molecule has 0 aliphatic rings. The summed E-state index contributed by atoms with van der Waals surface area (Å²) in [5.74, 6) is -4.19. The Hall–Kier alpha value is -0.270. The maximum Gasteiger partial charge on any atom is 0.353 e. The largest absolute Gasteiger partial charge is 0.480 e. The molecule has 0 saturated carbocycles. The molecule has 0 spiro atoms. The molecule has 0 aromatic rings. The zero-order valence-electron chi connectivity index (χ0n) is 6.64. The number of hydrogen-bond acceptors (Lipinski definition) is 4. The van der Waals surface area contributed by atoms with Crippen LogP contribution in [0.1, 0.15) is 0 Å². The average Bonchev–Trinajstić information content (AvgIpc) is 1.79. The molecule has 6 N–H and O–H groups in total. The molecule has 9 nitrogen and oxygen atoms in total. The van der Waals surface area contributed by atoms with Gasteiger partial charge in [0.1, 0.15) is 0 Å². The number of nitrogens with one attached hydrogen (secondary N) is 1. The van der Waals surface area contributed by atoms with Crippen LogP contribution in [-0.2, 0) is 13.9 Å². The fourth-order valence-electron chi connectivity index (χ4n) is 0.555. The van der Waals surface area contributed by atoms with Gasteiger partial charge in [0.25, 0.3) is 0 Å². The van der Waals surface area contributed by atoms with E-state index in [1.165, 1.54) is 0 Å². The van der Waals surface area contributed by atoms with Crippen molar-refractivity contribution in [3.05, 3.63) is 0 Å². The minimum Gasteiger partial charge on any atom is -0.480 e. The lowest BCUT2D eigenvalue weighted by Gasteiger charge is -2.15. The highest BCUT2D eigenvalue weighted by Gasteiger charge is 2.36. The molecule has 0 rings (SSSR count). The molecule has 0 amide bonds. The van der Waals surface area contributed by atoms with Gasteiger partial charge in [0.05, 0.1) is 6.29 Å². The summed E-state index contributed by atoms with van der Waals surface area (Å²) in [6.45, 7) is 0. The standard InChI is InChI=1S/C3H9NO8P2/c5-3(6)2(14(10,11)12)4-1-13(7,8)9/h2,4H,1H2,(H,5,6)(H2,7,8,9)(H2,10,11,12). The Bertz CT molecular complexity index is 302. The maximum absolute atomic E-state index is 10.5. The number of hydrogen-bond donors (Lipinski definition) is 6. The molecule has 11 heteroatoms. The summed E-state index contributed by atoms with van der Waals surface area (Å²) in [5.41, 5.74) is 0. The van der Waals surface area contributed by atoms with Crippen LogP contribution in [0.2, 0.25) is 0 Å². The fraction of sp³-hybridized carbons (Fsp3) is 0.667. The highest BCUT2D eigenvalue weighted by molar-refractivity contribution is 7.54. The van der Waals surface area contributed by atoms with Gasteiger partial charge in [0, 0.05) is 0 Å². The zero-order chi connectivity index (χ0) is 11.6. The smallest absolute Gasteiger partial charge is 0.353 e. The van der Waals surface area contributed by atoms with E-state index in [0.29, 0.717) is 0 Å². The average molecular weight is 249 g/mol. The van der Waals surface area contributed by atoms with Gasteiger partial charge in [-0.2, -0.15) is 0 Å². The van der Waals surface area contributed by atoms with E-state index >= 15 is 0 Å². The van der Waals surface area contributed by atoms with E-state index in [4.69, 9.17) is 24.7 Å². The highest BCUT2D eigenvalue weighted by Crippen LogP contribution is 2.41. The van der Waals surface area contributed by atoms with E-state index in [9.17, 15) is 13.9 Å². The van der Waals surface area contributed by atoms with Crippen molar-refractivity contribution in [3.8, 4) is 0 Å². The van der Waals surface area contributed by atoms with Crippen LogP contribution in [0, 0.1) is 0 Å². The predicted octanol–water partition coefficient (Wildman–Crippen LogP) is -1.70. The Morgan fingerprint density at radius 2 is 1.64 bits per heavy atom. The molecule has 0 fully saturated rings. The molecule has 14 heavy (non-hydrogen) atoms. The summed E-state index contributed by atoms with van der Waals surface area (Å²) in [7, 11) is -9.52. The number of carboxylic acids is 1. The summed E-state index contributed by atoms with van der Waals surface area (Å²) in [5, 5.41) is 9.87. The lowest BCUT2D eigenvalue weighted by molar-refractivity contribution is -0.137. The fourth-order valence-corrected chi connectivity index (χ4v) is 1.74. The molecule has 0 heterocycles. The van der Waals surface area contributed by atoms with Crippen molar-refractivity contribution in [2.75, 3.05) is 6.29 Å². The second-order valence-electron chi connectivity index (χ2n) is 2.36. The van der Waals surface area contributed by atoms with Gasteiger partial charge in [-0.05, 0) is 0 Å². The molecule has 0 aromatic heterocycles. The van der Waals surface area contributed by atoms with Crippen LogP contribution in [0.5, 0.6) is 0 Å². The van der Waals surface area contributed by atoms with Crippen LogP contribution in [0.15, 0.2) is 0 Å². The van der Waals surface area contributed by atoms with Crippen LogP contribution in [0.4, 0.5) is 0 Å². The lowest BCUT2D eigenvalue weighted by Crippen LogP contribution is -2.36. The van der Waals surface area contributed by atoms with Crippen LogP contribution < -0.4 is 5.32 Å². The topological polar surface area (TPSA) is 164 Å². The van der Waals surface area contributed by atoms with Crippen molar-refractivity contribution in [3.63, 3.8) is 0 Å². The summed E-state index contributed by atoms with van der Waals surface area (Å²) >= 11 is 0. The van der Waals surface area contributed by atoms with Crippen molar-refractivity contribution in [1.29, 1.82) is 0 Å². The molecule has 0 aliphatic heterocycles. The van der Waals surface area contributed by atoms with Gasteiger partial charge in [-0.1, -0.05) is 0 Å². The van der Waals surface area contributed by atoms with Crippen molar-refractivity contribution in [2.45, 2.75) is 5.78 Å². The Morgan fingerprint density at radius 1 is 1.21 bits per heavy atom. The first-order valence-electron chi connectivity index (χ1n) is 3.10. The third-order valence-corrected chi connectivity index (χ3v) is 2.73. The third-order valence-electron chi connectivity index (χ3n) is 1.06. The zero-order valence-corrected chi connectivity index (χ0v) is 8.43. The van der Waals surface area contributed by atoms with Crippen molar-refractivity contribution in [1.82, 2.24) is 5.32 Å². The highest BCUT2D eigenvalue weighted by atomic mass is 31.2. The Morgan fingerprint density at radius 3 is 1.86 bits per heavy atom. The van der Waals surface area contributed by atoms with Gasteiger partial charge < -0.3 is 24.7 Å². The second kappa shape index (κ2) is 4.50. The number of carbonyl (C=O) groups is 1. The van der Waals surface area contributed by atoms with Gasteiger partial charge in [0.2, 0.25) is 5.78 Å². The summed E-state index contributed by atoms with van der Waals surface area (Å²) in [6, 6.07) is 0. The summed E-state index contributed by atoms with van der Waals surface area (Å²) < 4.78 is 20.8. The normalized spacial score (nSPS) is 15.1. The van der Waals surface area contributed by atoms with Crippen molar-refractivity contribution < 1.29 is 38.6 Å². The van der Waals surface area contributed by atoms with Gasteiger partial charge in [0.15, 0.2) is 0 Å². The van der Waals surface area contributed by atoms with E-state index in [-0.39, 0.29) is 0 Å². The minimum absolute atomic E-state index is 1.12. The van der Waals surface area contributed by atoms with E-state index in [0.717, 1.165) is 0 Å². The van der Waals surface area contributed by atoms with Crippen LogP contribution in [0.3, 0.4) is 0 Å². The third kappa shape index (κ3) is 5.46. The quantitative estimate of drug-likeness (QED) is 0.311. The SMILES string of the molecule is O=C(O)C(NCP(=O)(O)O)P(=O)(O)O. The van der Waals surface area contributed by atoms with E-state index in [1.54, 1.807) is 5.32 Å². The van der Waals surface area contributed by atoms with Gasteiger partial charge in [-0.15, -0.1) is 0 Å². The number of aliphatic carboxylic acids is 1. The number of carboxylic acid groups (broad SMARTS) is 1. The first-order valence-corrected chi connectivity index (χ1v) is 6.58. The Labute approximate surface area is 78.1 Å². The van der Waals surface area contributed by atoms with E-state index < -0.39 is 33.2 Å². The first-order chi connectivity index (χ1) is 6.04. The number of rotatable bonds is 5. The lowest BCUT2D eigenvalue weighted by atomic mass is 10.7. The maximum atomic E-state index is 10.5. The first kappa shape index (κ1) is 13.7. The van der Waals surface area contributed by atoms with Gasteiger partial charge >= 0.3 is 21.2 Å². The Balaban J connectivity index is 4.51.